The summed E-state index contributed by atoms with van der Waals surface area (Å²) in [6.07, 6.45) is 3.42. The molecular formula is C36H47N3O4. The lowest BCUT2D eigenvalue weighted by Gasteiger charge is -2.33. The number of nitrogens with zero attached hydrogens (tertiary/aromatic N) is 2. The number of likely N-dealkylation sites (tertiary alicyclic amines) is 1. The van der Waals surface area contributed by atoms with Crippen LogP contribution in [0.2, 0.25) is 0 Å². The Bertz CT molecular complexity index is 1270. The normalized spacial score (nSPS) is 22.3. The number of nitrogens with one attached hydrogen (secondary N) is 1. The van der Waals surface area contributed by atoms with E-state index in [2.05, 4.69) is 87.9 Å². The van der Waals surface area contributed by atoms with Gasteiger partial charge in [-0.05, 0) is 79.2 Å². The lowest BCUT2D eigenvalue weighted by molar-refractivity contribution is 0.0106. The highest BCUT2D eigenvalue weighted by molar-refractivity contribution is 5.61. The van der Waals surface area contributed by atoms with E-state index in [9.17, 15) is 0 Å². The summed E-state index contributed by atoms with van der Waals surface area (Å²) >= 11 is 0. The van der Waals surface area contributed by atoms with Crippen molar-refractivity contribution in [1.29, 1.82) is 0 Å². The smallest absolute Gasteiger partial charge is 0.142 e. The third kappa shape index (κ3) is 7.90. The van der Waals surface area contributed by atoms with Gasteiger partial charge in [0.15, 0.2) is 0 Å². The first-order valence-electron chi connectivity index (χ1n) is 16.1. The van der Waals surface area contributed by atoms with Gasteiger partial charge in [-0.1, -0.05) is 48.5 Å². The van der Waals surface area contributed by atoms with Crippen LogP contribution in [0.5, 0.6) is 11.5 Å². The van der Waals surface area contributed by atoms with Crippen LogP contribution in [0, 0.1) is 0 Å². The molecule has 3 aliphatic rings. The maximum absolute atomic E-state index is 6.57. The molecule has 0 radical (unpaired) electrons. The molecule has 230 valence electrons. The summed E-state index contributed by atoms with van der Waals surface area (Å²) in [5, 5.41) is 3.54. The quantitative estimate of drug-likeness (QED) is 0.268. The number of anilines is 1. The molecule has 2 fully saturated rings. The first-order chi connectivity index (χ1) is 21.3. The van der Waals surface area contributed by atoms with Crippen molar-refractivity contribution in [2.75, 3.05) is 77.6 Å². The van der Waals surface area contributed by atoms with Crippen molar-refractivity contribution in [3.8, 4) is 11.5 Å². The van der Waals surface area contributed by atoms with Crippen molar-refractivity contribution < 1.29 is 18.9 Å². The number of rotatable bonds is 13. The van der Waals surface area contributed by atoms with E-state index in [-0.39, 0.29) is 6.10 Å². The van der Waals surface area contributed by atoms with Crippen LogP contribution >= 0.6 is 0 Å². The largest absolute Gasteiger partial charge is 0.492 e. The summed E-state index contributed by atoms with van der Waals surface area (Å²) in [5.41, 5.74) is 5.13. The van der Waals surface area contributed by atoms with E-state index in [0.29, 0.717) is 18.4 Å². The lowest BCUT2D eigenvalue weighted by atomic mass is 9.87. The van der Waals surface area contributed by atoms with E-state index in [1.54, 1.807) is 7.11 Å². The van der Waals surface area contributed by atoms with E-state index >= 15 is 0 Å². The molecule has 7 nitrogen and oxygen atoms in total. The average molecular weight is 586 g/mol. The average Bonchev–Trinajstić information content (AvgIpc) is 3.54. The zero-order valence-corrected chi connectivity index (χ0v) is 25.6. The summed E-state index contributed by atoms with van der Waals surface area (Å²) in [4.78, 5) is 4.93. The summed E-state index contributed by atoms with van der Waals surface area (Å²) in [6, 6.07) is 26.1. The zero-order valence-electron chi connectivity index (χ0n) is 25.6. The van der Waals surface area contributed by atoms with Crippen molar-refractivity contribution in [3.63, 3.8) is 0 Å². The number of hydrogen-bond acceptors (Lipinski definition) is 7. The van der Waals surface area contributed by atoms with Crippen LogP contribution in [0.25, 0.3) is 0 Å². The summed E-state index contributed by atoms with van der Waals surface area (Å²) < 4.78 is 23.9. The van der Waals surface area contributed by atoms with E-state index in [0.717, 1.165) is 95.7 Å². The Morgan fingerprint density at radius 1 is 0.907 bits per heavy atom. The first-order valence-corrected chi connectivity index (χ1v) is 16.1. The number of hydrogen-bond donors (Lipinski definition) is 1. The number of benzene rings is 3. The van der Waals surface area contributed by atoms with Gasteiger partial charge in [0.2, 0.25) is 0 Å². The molecule has 0 spiro atoms. The minimum atomic E-state index is 0.123. The van der Waals surface area contributed by atoms with E-state index < -0.39 is 0 Å². The molecule has 0 amide bonds. The van der Waals surface area contributed by atoms with E-state index in [1.807, 2.05) is 0 Å². The number of piperidine rings is 1. The van der Waals surface area contributed by atoms with Crippen molar-refractivity contribution in [2.45, 2.75) is 43.8 Å². The molecule has 0 saturated carbocycles. The Morgan fingerprint density at radius 2 is 1.79 bits per heavy atom. The fourth-order valence-corrected chi connectivity index (χ4v) is 6.77. The highest BCUT2D eigenvalue weighted by Gasteiger charge is 2.28. The monoisotopic (exact) mass is 585 g/mol. The molecule has 0 aromatic heterocycles. The second-order valence-electron chi connectivity index (χ2n) is 12.0. The minimum absolute atomic E-state index is 0.123. The van der Waals surface area contributed by atoms with Gasteiger partial charge >= 0.3 is 0 Å². The summed E-state index contributed by atoms with van der Waals surface area (Å²) in [5.74, 6) is 2.91. The predicted molar refractivity (Wildman–Crippen MR) is 172 cm³/mol. The molecule has 3 aromatic carbocycles. The molecule has 3 aromatic rings. The van der Waals surface area contributed by atoms with Crippen LogP contribution in [-0.4, -0.2) is 83.7 Å². The summed E-state index contributed by atoms with van der Waals surface area (Å²) in [7, 11) is 1.76. The van der Waals surface area contributed by atoms with Crippen LogP contribution in [0.4, 0.5) is 5.69 Å². The molecule has 0 bridgehead atoms. The van der Waals surface area contributed by atoms with Crippen molar-refractivity contribution in [2.24, 2.45) is 0 Å². The third-order valence-electron chi connectivity index (χ3n) is 9.18. The standard InChI is InChI=1S/C36H47N3O4/c1-40-21-5-17-39-20-23-42-35-13-8-28(24-34(35)39)27-43-36-25-37-16-14-33(36)30-9-11-32(12-10-30)41-22-19-38-18-15-31(26-38)29-6-3-2-4-7-29/h2-4,6-13,24,31,33,36-37H,5,14-23,25-27H2,1H3/t31?,33-,36+/m1/s1. The number of ether oxygens (including phenoxy) is 4. The fraction of sp³-hybridized carbons (Fsp3) is 0.500. The summed E-state index contributed by atoms with van der Waals surface area (Å²) in [6.45, 7) is 9.78. The van der Waals surface area contributed by atoms with Gasteiger partial charge in [-0.15, -0.1) is 0 Å². The molecule has 1 N–H and O–H groups in total. The zero-order chi connectivity index (χ0) is 29.3. The third-order valence-corrected chi connectivity index (χ3v) is 9.18. The van der Waals surface area contributed by atoms with Gasteiger partial charge in [0.25, 0.3) is 0 Å². The molecule has 3 aliphatic heterocycles. The van der Waals surface area contributed by atoms with E-state index in [1.165, 1.54) is 23.1 Å². The van der Waals surface area contributed by atoms with Gasteiger partial charge in [0.05, 0.1) is 24.9 Å². The minimum Gasteiger partial charge on any atom is -0.492 e. The highest BCUT2D eigenvalue weighted by atomic mass is 16.5. The molecule has 1 unspecified atom stereocenters. The van der Waals surface area contributed by atoms with Gasteiger partial charge in [-0.3, -0.25) is 4.90 Å². The molecule has 3 atom stereocenters. The predicted octanol–water partition coefficient (Wildman–Crippen LogP) is 5.45. The lowest BCUT2D eigenvalue weighted by Crippen LogP contribution is -2.41. The number of methoxy groups -OCH3 is 1. The number of fused-ring (bicyclic) bond motifs is 1. The first kappa shape index (κ1) is 29.9. The molecule has 3 heterocycles. The Kier molecular flexibility index (Phi) is 10.5. The maximum atomic E-state index is 6.57. The van der Waals surface area contributed by atoms with Crippen molar-refractivity contribution >= 4 is 5.69 Å². The topological polar surface area (TPSA) is 55.4 Å². The van der Waals surface area contributed by atoms with Crippen LogP contribution in [0.15, 0.2) is 72.8 Å². The van der Waals surface area contributed by atoms with Gasteiger partial charge in [-0.2, -0.15) is 0 Å². The van der Waals surface area contributed by atoms with Crippen molar-refractivity contribution in [1.82, 2.24) is 10.2 Å². The van der Waals surface area contributed by atoms with Crippen molar-refractivity contribution in [3.05, 3.63) is 89.5 Å². The van der Waals surface area contributed by atoms with Gasteiger partial charge in [-0.25, -0.2) is 0 Å². The van der Waals surface area contributed by atoms with Gasteiger partial charge < -0.3 is 29.2 Å². The molecular weight excluding hydrogens is 538 g/mol. The van der Waals surface area contributed by atoms with Crippen LogP contribution < -0.4 is 19.7 Å². The van der Waals surface area contributed by atoms with Crippen LogP contribution in [0.3, 0.4) is 0 Å². The van der Waals surface area contributed by atoms with Crippen LogP contribution in [-0.2, 0) is 16.1 Å². The maximum Gasteiger partial charge on any atom is 0.142 e. The molecule has 7 heteroatoms. The second kappa shape index (κ2) is 15.1. The Hall–Kier alpha value is -3.10. The van der Waals surface area contributed by atoms with E-state index in [4.69, 9.17) is 18.9 Å². The van der Waals surface area contributed by atoms with Gasteiger partial charge in [0, 0.05) is 45.8 Å². The fourth-order valence-electron chi connectivity index (χ4n) is 6.77. The van der Waals surface area contributed by atoms with Crippen LogP contribution in [0.1, 0.15) is 47.8 Å². The molecule has 2 saturated heterocycles. The van der Waals surface area contributed by atoms with Gasteiger partial charge in [0.1, 0.15) is 24.7 Å². The SMILES string of the molecule is COCCCN1CCOc2ccc(CO[C@H]3CNCC[C@@H]3c3ccc(OCCN4CCC(c5ccccc5)C4)cc3)cc21. The molecule has 0 aliphatic carbocycles. The second-order valence-corrected chi connectivity index (χ2v) is 12.0. The highest BCUT2D eigenvalue weighted by Crippen LogP contribution is 2.34. The molecule has 6 rings (SSSR count). The Balaban J connectivity index is 0.992. The molecule has 43 heavy (non-hydrogen) atoms. The Morgan fingerprint density at radius 3 is 2.65 bits per heavy atom. The Labute approximate surface area is 257 Å².